The number of nitrogens with one attached hydrogen (secondary N) is 2. The molecule has 2 N–H and O–H groups in total. The first-order valence-corrected chi connectivity index (χ1v) is 7.37. The Balaban J connectivity index is 2.19. The Kier molecular flexibility index (Phi) is 7.41. The lowest BCUT2D eigenvalue weighted by Gasteiger charge is -2.23. The lowest BCUT2D eigenvalue weighted by Crippen LogP contribution is -2.41. The second-order valence-electron chi connectivity index (χ2n) is 4.97. The summed E-state index contributed by atoms with van der Waals surface area (Å²) in [6.45, 7) is 6.34. The smallest absolute Gasteiger partial charge is 0.315 e. The first-order valence-electron chi connectivity index (χ1n) is 6.99. The van der Waals surface area contributed by atoms with Gasteiger partial charge in [0, 0.05) is 30.7 Å². The second kappa shape index (κ2) is 8.82. The van der Waals surface area contributed by atoms with Gasteiger partial charge in [0.15, 0.2) is 0 Å². The van der Waals surface area contributed by atoms with Gasteiger partial charge in [0.2, 0.25) is 0 Å². The Morgan fingerprint density at radius 1 is 1.30 bits per heavy atom. The molecule has 0 fully saturated rings. The highest BCUT2D eigenvalue weighted by Gasteiger charge is 2.06. The van der Waals surface area contributed by atoms with Gasteiger partial charge in [0.25, 0.3) is 0 Å². The van der Waals surface area contributed by atoms with Crippen LogP contribution in [0.4, 0.5) is 4.79 Å². The molecule has 0 aliphatic heterocycles. The average molecular weight is 298 g/mol. The molecule has 0 aliphatic rings. The minimum absolute atomic E-state index is 0.141. The number of halogens is 1. The number of likely N-dealkylation sites (N-methyl/N-ethyl adjacent to an activating group) is 1. The van der Waals surface area contributed by atoms with Crippen molar-refractivity contribution in [2.45, 2.75) is 32.9 Å². The van der Waals surface area contributed by atoms with Crippen LogP contribution in [-0.2, 0) is 6.54 Å². The van der Waals surface area contributed by atoms with E-state index in [0.717, 1.165) is 18.5 Å². The highest BCUT2D eigenvalue weighted by Crippen LogP contribution is 2.08. The molecule has 0 bridgehead atoms. The summed E-state index contributed by atoms with van der Waals surface area (Å²) in [6, 6.07) is 7.83. The van der Waals surface area contributed by atoms with Crippen molar-refractivity contribution in [3.05, 3.63) is 34.9 Å². The second-order valence-corrected chi connectivity index (χ2v) is 5.41. The molecule has 1 rings (SSSR count). The van der Waals surface area contributed by atoms with Crippen LogP contribution in [0.5, 0.6) is 0 Å². The predicted molar refractivity (Wildman–Crippen MR) is 84.1 cm³/mol. The summed E-state index contributed by atoms with van der Waals surface area (Å²) in [5.41, 5.74) is 1.03. The van der Waals surface area contributed by atoms with Gasteiger partial charge in [0.05, 0.1) is 0 Å². The van der Waals surface area contributed by atoms with E-state index in [4.69, 9.17) is 11.6 Å². The molecule has 1 unspecified atom stereocenters. The molecule has 1 aromatic rings. The molecule has 0 spiro atoms. The zero-order valence-corrected chi connectivity index (χ0v) is 13.2. The Morgan fingerprint density at radius 2 is 1.95 bits per heavy atom. The number of nitrogens with zero attached hydrogens (tertiary/aromatic N) is 1. The van der Waals surface area contributed by atoms with Gasteiger partial charge in [0.1, 0.15) is 0 Å². The number of rotatable bonds is 7. The number of benzene rings is 1. The molecule has 112 valence electrons. The maximum atomic E-state index is 11.6. The van der Waals surface area contributed by atoms with Crippen LogP contribution in [0.2, 0.25) is 5.02 Å². The molecule has 2 amide bonds. The molecule has 20 heavy (non-hydrogen) atoms. The van der Waals surface area contributed by atoms with Crippen molar-refractivity contribution in [3.8, 4) is 0 Å². The van der Waals surface area contributed by atoms with Crippen molar-refractivity contribution in [2.24, 2.45) is 0 Å². The number of hydrogen-bond donors (Lipinski definition) is 2. The van der Waals surface area contributed by atoms with Crippen molar-refractivity contribution >= 4 is 17.6 Å². The monoisotopic (exact) mass is 297 g/mol. The fourth-order valence-electron chi connectivity index (χ4n) is 1.72. The maximum absolute atomic E-state index is 11.6. The summed E-state index contributed by atoms with van der Waals surface area (Å²) in [6.07, 6.45) is 1.11. The molecule has 0 radical (unpaired) electrons. The SMILES string of the molecule is CCC(C)N(C)CCNC(=O)NCc1ccc(Cl)cc1. The van der Waals surface area contributed by atoms with Gasteiger partial charge in [-0.05, 0) is 38.1 Å². The standard InChI is InChI=1S/C15H24ClN3O/c1-4-12(2)19(3)10-9-17-15(20)18-11-13-5-7-14(16)8-6-13/h5-8,12H,4,9-11H2,1-3H3,(H2,17,18,20). The Morgan fingerprint density at radius 3 is 2.55 bits per heavy atom. The van der Waals surface area contributed by atoms with Crippen LogP contribution < -0.4 is 10.6 Å². The van der Waals surface area contributed by atoms with Crippen molar-refractivity contribution in [2.75, 3.05) is 20.1 Å². The fraction of sp³-hybridized carbons (Fsp3) is 0.533. The van der Waals surface area contributed by atoms with Crippen LogP contribution in [0, 0.1) is 0 Å². The molecule has 1 aromatic carbocycles. The molecule has 5 heteroatoms. The molecule has 0 heterocycles. The molecule has 0 saturated carbocycles. The summed E-state index contributed by atoms with van der Waals surface area (Å²) < 4.78 is 0. The van der Waals surface area contributed by atoms with E-state index in [9.17, 15) is 4.79 Å². The van der Waals surface area contributed by atoms with Crippen LogP contribution in [0.3, 0.4) is 0 Å². The lowest BCUT2D eigenvalue weighted by molar-refractivity contribution is 0.230. The van der Waals surface area contributed by atoms with E-state index in [-0.39, 0.29) is 6.03 Å². The molecule has 0 aromatic heterocycles. The third-order valence-corrected chi connectivity index (χ3v) is 3.71. The summed E-state index contributed by atoms with van der Waals surface area (Å²) in [7, 11) is 2.07. The van der Waals surface area contributed by atoms with Gasteiger partial charge < -0.3 is 15.5 Å². The van der Waals surface area contributed by atoms with Crippen LogP contribution in [-0.4, -0.2) is 37.1 Å². The summed E-state index contributed by atoms with van der Waals surface area (Å²) >= 11 is 5.81. The van der Waals surface area contributed by atoms with Crippen molar-refractivity contribution in [1.29, 1.82) is 0 Å². The topological polar surface area (TPSA) is 44.4 Å². The molecular weight excluding hydrogens is 274 g/mol. The van der Waals surface area contributed by atoms with E-state index >= 15 is 0 Å². The third-order valence-electron chi connectivity index (χ3n) is 3.46. The van der Waals surface area contributed by atoms with Gasteiger partial charge in [-0.2, -0.15) is 0 Å². The van der Waals surface area contributed by atoms with Gasteiger partial charge >= 0.3 is 6.03 Å². The fourth-order valence-corrected chi connectivity index (χ4v) is 1.85. The van der Waals surface area contributed by atoms with Crippen molar-refractivity contribution in [1.82, 2.24) is 15.5 Å². The number of hydrogen-bond acceptors (Lipinski definition) is 2. The quantitative estimate of drug-likeness (QED) is 0.813. The Labute approximate surface area is 126 Å². The number of carbonyl (C=O) groups is 1. The maximum Gasteiger partial charge on any atom is 0.315 e. The highest BCUT2D eigenvalue weighted by atomic mass is 35.5. The van der Waals surface area contributed by atoms with E-state index in [0.29, 0.717) is 24.2 Å². The van der Waals surface area contributed by atoms with E-state index < -0.39 is 0 Å². The van der Waals surface area contributed by atoms with E-state index in [2.05, 4.69) is 36.4 Å². The van der Waals surface area contributed by atoms with Crippen LogP contribution in [0.25, 0.3) is 0 Å². The number of carbonyl (C=O) groups excluding carboxylic acids is 1. The summed E-state index contributed by atoms with van der Waals surface area (Å²) in [4.78, 5) is 13.9. The molecule has 4 nitrogen and oxygen atoms in total. The third kappa shape index (κ3) is 6.26. The lowest BCUT2D eigenvalue weighted by atomic mass is 10.2. The Bertz CT molecular complexity index is 408. The van der Waals surface area contributed by atoms with Gasteiger partial charge in [-0.15, -0.1) is 0 Å². The zero-order chi connectivity index (χ0) is 15.0. The minimum atomic E-state index is -0.141. The van der Waals surface area contributed by atoms with E-state index in [1.165, 1.54) is 0 Å². The zero-order valence-electron chi connectivity index (χ0n) is 12.4. The molecular formula is C15H24ClN3O. The van der Waals surface area contributed by atoms with Crippen LogP contribution in [0.1, 0.15) is 25.8 Å². The van der Waals surface area contributed by atoms with Crippen molar-refractivity contribution in [3.63, 3.8) is 0 Å². The molecule has 0 aliphatic carbocycles. The predicted octanol–water partition coefficient (Wildman–Crippen LogP) is 2.87. The van der Waals surface area contributed by atoms with E-state index in [1.807, 2.05) is 24.3 Å². The van der Waals surface area contributed by atoms with Gasteiger partial charge in [-0.25, -0.2) is 4.79 Å². The van der Waals surface area contributed by atoms with Gasteiger partial charge in [-0.1, -0.05) is 30.7 Å². The average Bonchev–Trinajstić information content (AvgIpc) is 2.45. The highest BCUT2D eigenvalue weighted by molar-refractivity contribution is 6.30. The Hall–Kier alpha value is -1.26. The molecule has 0 saturated heterocycles. The largest absolute Gasteiger partial charge is 0.337 e. The first-order chi connectivity index (χ1) is 9.52. The minimum Gasteiger partial charge on any atom is -0.337 e. The van der Waals surface area contributed by atoms with E-state index in [1.54, 1.807) is 0 Å². The normalized spacial score (nSPS) is 12.2. The summed E-state index contributed by atoms with van der Waals surface area (Å²) in [5.74, 6) is 0. The van der Waals surface area contributed by atoms with Gasteiger partial charge in [-0.3, -0.25) is 0 Å². The number of amides is 2. The number of urea groups is 1. The first kappa shape index (κ1) is 16.8. The van der Waals surface area contributed by atoms with Crippen LogP contribution >= 0.6 is 11.6 Å². The van der Waals surface area contributed by atoms with Crippen LogP contribution in [0.15, 0.2) is 24.3 Å². The summed E-state index contributed by atoms with van der Waals surface area (Å²) in [5, 5.41) is 6.38. The van der Waals surface area contributed by atoms with Crippen molar-refractivity contribution < 1.29 is 4.79 Å². The molecule has 1 atom stereocenters.